The molecular formula is C12H10NO2-. The highest BCUT2D eigenvalue weighted by atomic mass is 16.4. The van der Waals surface area contributed by atoms with Gasteiger partial charge in [-0.15, -0.1) is 0 Å². The molecular weight excluding hydrogens is 190 g/mol. The van der Waals surface area contributed by atoms with Crippen molar-refractivity contribution in [2.75, 3.05) is 0 Å². The molecule has 0 bridgehead atoms. The van der Waals surface area contributed by atoms with Crippen molar-refractivity contribution in [3.8, 4) is 6.07 Å². The van der Waals surface area contributed by atoms with Crippen LogP contribution < -0.4 is 5.11 Å². The van der Waals surface area contributed by atoms with E-state index in [0.717, 1.165) is 18.4 Å². The Labute approximate surface area is 88.0 Å². The van der Waals surface area contributed by atoms with Crippen LogP contribution in [-0.4, -0.2) is 5.97 Å². The van der Waals surface area contributed by atoms with Crippen molar-refractivity contribution < 1.29 is 9.90 Å². The molecule has 15 heavy (non-hydrogen) atoms. The first-order valence-corrected chi connectivity index (χ1v) is 4.87. The molecule has 1 saturated carbocycles. The minimum absolute atomic E-state index is 0.0696. The van der Waals surface area contributed by atoms with Gasteiger partial charge in [-0.3, -0.25) is 0 Å². The van der Waals surface area contributed by atoms with Crippen molar-refractivity contribution >= 4 is 5.97 Å². The topological polar surface area (TPSA) is 63.9 Å². The number of aliphatic carboxylic acids is 1. The van der Waals surface area contributed by atoms with Gasteiger partial charge in [0.15, 0.2) is 0 Å². The smallest absolute Gasteiger partial charge is 0.0823 e. The Bertz CT molecular complexity index is 424. The zero-order valence-electron chi connectivity index (χ0n) is 8.19. The third-order valence-corrected chi connectivity index (χ3v) is 2.82. The number of carbonyl (C=O) groups excluding carboxylic acids is 1. The number of nitriles is 1. The lowest BCUT2D eigenvalue weighted by molar-refractivity contribution is -0.304. The van der Waals surface area contributed by atoms with Gasteiger partial charge in [0.2, 0.25) is 0 Å². The van der Waals surface area contributed by atoms with Crippen LogP contribution >= 0.6 is 0 Å². The average molecular weight is 200 g/mol. The molecule has 2 rings (SSSR count). The molecule has 1 aliphatic carbocycles. The summed E-state index contributed by atoms with van der Waals surface area (Å²) in [7, 11) is 0. The molecule has 3 nitrogen and oxygen atoms in total. The summed E-state index contributed by atoms with van der Waals surface area (Å²) >= 11 is 0. The van der Waals surface area contributed by atoms with Crippen molar-refractivity contribution in [3.05, 3.63) is 35.4 Å². The number of hydrogen-bond donors (Lipinski definition) is 0. The Hall–Kier alpha value is -1.82. The first-order valence-electron chi connectivity index (χ1n) is 4.87. The summed E-state index contributed by atoms with van der Waals surface area (Å²) in [6.45, 7) is 0. The van der Waals surface area contributed by atoms with Crippen LogP contribution in [0.25, 0.3) is 0 Å². The summed E-state index contributed by atoms with van der Waals surface area (Å²) < 4.78 is 0. The Morgan fingerprint density at radius 1 is 1.40 bits per heavy atom. The quantitative estimate of drug-likeness (QED) is 0.715. The fourth-order valence-electron chi connectivity index (χ4n) is 1.70. The maximum Gasteiger partial charge on any atom is 0.0823 e. The molecule has 0 aliphatic heterocycles. The highest BCUT2D eigenvalue weighted by Gasteiger charge is 2.44. The number of rotatable bonds is 3. The van der Waals surface area contributed by atoms with Crippen LogP contribution in [0.2, 0.25) is 0 Å². The second kappa shape index (κ2) is 3.39. The molecule has 0 aromatic heterocycles. The molecule has 0 spiro atoms. The van der Waals surface area contributed by atoms with Crippen molar-refractivity contribution in [1.82, 2.24) is 0 Å². The van der Waals surface area contributed by atoms with E-state index < -0.39 is 5.97 Å². The molecule has 0 saturated heterocycles. The fourth-order valence-corrected chi connectivity index (χ4v) is 1.70. The second-order valence-corrected chi connectivity index (χ2v) is 3.94. The number of nitrogens with zero attached hydrogens (tertiary/aromatic N) is 1. The van der Waals surface area contributed by atoms with E-state index in [-0.39, 0.29) is 11.8 Å². The normalized spacial score (nSPS) is 16.7. The van der Waals surface area contributed by atoms with Crippen LogP contribution in [0.4, 0.5) is 0 Å². The van der Waals surface area contributed by atoms with E-state index in [4.69, 9.17) is 5.26 Å². The lowest BCUT2D eigenvalue weighted by Crippen LogP contribution is -2.24. The highest BCUT2D eigenvalue weighted by Crippen LogP contribution is 2.47. The predicted octanol–water partition coefficient (Wildman–Crippen LogP) is 0.534. The summed E-state index contributed by atoms with van der Waals surface area (Å²) in [5.74, 6) is -1.08. The maximum atomic E-state index is 10.4. The Kier molecular flexibility index (Phi) is 2.20. The molecule has 1 fully saturated rings. The standard InChI is InChI=1S/C12H11NO2/c13-8-12(5-6-12)10-3-1-9(2-4-10)7-11(14)15/h1-4H,5-7H2,(H,14,15)/p-1. The van der Waals surface area contributed by atoms with Crippen LogP contribution in [0.15, 0.2) is 24.3 Å². The van der Waals surface area contributed by atoms with E-state index in [9.17, 15) is 9.90 Å². The van der Waals surface area contributed by atoms with Gasteiger partial charge in [0.25, 0.3) is 0 Å². The summed E-state index contributed by atoms with van der Waals surface area (Å²) in [5, 5.41) is 19.3. The van der Waals surface area contributed by atoms with Crippen LogP contribution in [-0.2, 0) is 16.6 Å². The van der Waals surface area contributed by atoms with Crippen LogP contribution in [0.1, 0.15) is 24.0 Å². The lowest BCUT2D eigenvalue weighted by atomic mass is 9.96. The first kappa shape index (κ1) is 9.72. The van der Waals surface area contributed by atoms with Crippen molar-refractivity contribution in [1.29, 1.82) is 5.26 Å². The minimum atomic E-state index is -1.08. The van der Waals surface area contributed by atoms with Gasteiger partial charge in [-0.05, 0) is 24.0 Å². The van der Waals surface area contributed by atoms with Gasteiger partial charge in [-0.1, -0.05) is 24.3 Å². The number of carbonyl (C=O) groups is 1. The molecule has 76 valence electrons. The van der Waals surface area contributed by atoms with Gasteiger partial charge < -0.3 is 9.90 Å². The van der Waals surface area contributed by atoms with E-state index in [2.05, 4.69) is 6.07 Å². The van der Waals surface area contributed by atoms with Crippen molar-refractivity contribution in [2.24, 2.45) is 0 Å². The van der Waals surface area contributed by atoms with Gasteiger partial charge >= 0.3 is 0 Å². The Balaban J connectivity index is 2.18. The summed E-state index contributed by atoms with van der Waals surface area (Å²) in [5.41, 5.74) is 1.42. The Morgan fingerprint density at radius 3 is 2.40 bits per heavy atom. The largest absolute Gasteiger partial charge is 0.550 e. The summed E-state index contributed by atoms with van der Waals surface area (Å²) in [6, 6.07) is 9.49. The highest BCUT2D eigenvalue weighted by molar-refractivity contribution is 5.68. The third kappa shape index (κ3) is 1.84. The van der Waals surface area contributed by atoms with E-state index in [0.29, 0.717) is 5.56 Å². The van der Waals surface area contributed by atoms with Gasteiger partial charge in [-0.2, -0.15) is 5.26 Å². The molecule has 1 aromatic rings. The molecule has 0 unspecified atom stereocenters. The number of carboxylic acid groups (broad SMARTS) is 1. The zero-order valence-corrected chi connectivity index (χ0v) is 8.19. The molecule has 0 heterocycles. The minimum Gasteiger partial charge on any atom is -0.550 e. The molecule has 0 N–H and O–H groups in total. The first-order chi connectivity index (χ1) is 7.16. The maximum absolute atomic E-state index is 10.4. The summed E-state index contributed by atoms with van der Waals surface area (Å²) in [6.07, 6.45) is 1.74. The van der Waals surface area contributed by atoms with E-state index in [1.165, 1.54) is 0 Å². The fraction of sp³-hybridized carbons (Fsp3) is 0.333. The van der Waals surface area contributed by atoms with Gasteiger partial charge in [-0.25, -0.2) is 0 Å². The second-order valence-electron chi connectivity index (χ2n) is 3.94. The van der Waals surface area contributed by atoms with Crippen molar-refractivity contribution in [2.45, 2.75) is 24.7 Å². The molecule has 0 radical (unpaired) electrons. The van der Waals surface area contributed by atoms with Crippen LogP contribution in [0, 0.1) is 11.3 Å². The number of carboxylic acids is 1. The molecule has 1 aromatic carbocycles. The third-order valence-electron chi connectivity index (χ3n) is 2.82. The van der Waals surface area contributed by atoms with Gasteiger partial charge in [0.1, 0.15) is 0 Å². The average Bonchev–Trinajstić information content (AvgIpc) is 2.99. The van der Waals surface area contributed by atoms with Crippen molar-refractivity contribution in [3.63, 3.8) is 0 Å². The monoisotopic (exact) mass is 200 g/mol. The van der Waals surface area contributed by atoms with Gasteiger partial charge in [0, 0.05) is 12.4 Å². The van der Waals surface area contributed by atoms with E-state index >= 15 is 0 Å². The zero-order chi connectivity index (χ0) is 10.9. The molecule has 0 atom stereocenters. The number of hydrogen-bond acceptors (Lipinski definition) is 3. The molecule has 0 amide bonds. The number of benzene rings is 1. The Morgan fingerprint density at radius 2 is 2.00 bits per heavy atom. The van der Waals surface area contributed by atoms with Crippen LogP contribution in [0.3, 0.4) is 0 Å². The molecule has 1 aliphatic rings. The van der Waals surface area contributed by atoms with Gasteiger partial charge in [0.05, 0.1) is 11.5 Å². The van der Waals surface area contributed by atoms with Crippen LogP contribution in [0.5, 0.6) is 0 Å². The lowest BCUT2D eigenvalue weighted by Gasteiger charge is -2.07. The van der Waals surface area contributed by atoms with E-state index in [1.54, 1.807) is 12.1 Å². The SMILES string of the molecule is N#CC1(c2ccc(CC(=O)[O-])cc2)CC1. The predicted molar refractivity (Wildman–Crippen MR) is 51.7 cm³/mol. The van der Waals surface area contributed by atoms with E-state index in [1.807, 2.05) is 12.1 Å². The molecule has 3 heteroatoms. The summed E-state index contributed by atoms with van der Waals surface area (Å²) in [4.78, 5) is 10.4.